The molecule has 3 atom stereocenters. The summed E-state index contributed by atoms with van der Waals surface area (Å²) in [5.74, 6) is -1.18. The number of benzene rings is 3. The van der Waals surface area contributed by atoms with Crippen molar-refractivity contribution in [2.24, 2.45) is 0 Å². The van der Waals surface area contributed by atoms with Crippen molar-refractivity contribution in [2.45, 2.75) is 55.3 Å². The Morgan fingerprint density at radius 2 is 1.53 bits per heavy atom. The van der Waals surface area contributed by atoms with Gasteiger partial charge in [-0.05, 0) is 36.0 Å². The van der Waals surface area contributed by atoms with Crippen molar-refractivity contribution < 1.29 is 14.5 Å². The molecule has 174 valence electrons. The Morgan fingerprint density at radius 3 is 2.12 bits per heavy atom. The molecule has 0 radical (unpaired) electrons. The van der Waals surface area contributed by atoms with Gasteiger partial charge in [0.2, 0.25) is 6.21 Å². The summed E-state index contributed by atoms with van der Waals surface area (Å²) in [5, 5.41) is 12.7. The van der Waals surface area contributed by atoms with Crippen molar-refractivity contribution in [3.63, 3.8) is 0 Å². The van der Waals surface area contributed by atoms with E-state index in [4.69, 9.17) is 9.57 Å². The molecule has 4 heteroatoms. The number of rotatable bonds is 7. The molecule has 1 heterocycles. The lowest BCUT2D eigenvalue weighted by atomic mass is 9.71. The average Bonchev–Trinajstić information content (AvgIpc) is 3.29. The highest BCUT2D eigenvalue weighted by atomic mass is 16.9. The molecule has 0 bridgehead atoms. The lowest BCUT2D eigenvalue weighted by Crippen LogP contribution is -2.50. The first-order chi connectivity index (χ1) is 16.7. The molecule has 4 nitrogen and oxygen atoms in total. The molecule has 0 amide bonds. The molecule has 0 aromatic heterocycles. The van der Waals surface area contributed by atoms with Gasteiger partial charge in [-0.25, -0.2) is 0 Å². The van der Waals surface area contributed by atoms with Gasteiger partial charge >= 0.3 is 0 Å². The molecular weight excluding hydrogens is 422 g/mol. The van der Waals surface area contributed by atoms with Crippen LogP contribution in [0.25, 0.3) is 0 Å². The van der Waals surface area contributed by atoms with Crippen molar-refractivity contribution >= 4 is 6.21 Å². The van der Waals surface area contributed by atoms with Crippen LogP contribution in [0.2, 0.25) is 0 Å². The van der Waals surface area contributed by atoms with Crippen LogP contribution < -0.4 is 0 Å². The van der Waals surface area contributed by atoms with Crippen LogP contribution in [0.4, 0.5) is 0 Å². The van der Waals surface area contributed by atoms with Gasteiger partial charge < -0.3 is 9.57 Å². The van der Waals surface area contributed by atoms with Crippen molar-refractivity contribution in [1.82, 2.24) is 0 Å². The molecule has 1 fully saturated rings. The fraction of sp³-hybridized carbons (Fsp3) is 0.300. The van der Waals surface area contributed by atoms with Crippen LogP contribution in [-0.4, -0.2) is 23.0 Å². The first kappa shape index (κ1) is 22.4. The highest BCUT2D eigenvalue weighted by molar-refractivity contribution is 5.63. The summed E-state index contributed by atoms with van der Waals surface area (Å²) in [7, 11) is 0. The number of hydrogen-bond donors (Lipinski definition) is 0. The quantitative estimate of drug-likeness (QED) is 0.302. The number of nitrogens with zero attached hydrogens (tertiary/aromatic N) is 1. The maximum absolute atomic E-state index is 12.7. The van der Waals surface area contributed by atoms with Gasteiger partial charge in [-0.3, -0.25) is 5.21 Å². The lowest BCUT2D eigenvalue weighted by Gasteiger charge is -2.45. The van der Waals surface area contributed by atoms with Crippen molar-refractivity contribution in [1.29, 1.82) is 0 Å². The van der Waals surface area contributed by atoms with E-state index in [1.165, 1.54) is 11.1 Å². The zero-order valence-corrected chi connectivity index (χ0v) is 19.4. The minimum Gasteiger partial charge on any atom is -0.369 e. The molecule has 0 saturated heterocycles. The van der Waals surface area contributed by atoms with Gasteiger partial charge in [0.1, 0.15) is 0 Å². The Hall–Kier alpha value is -3.37. The summed E-state index contributed by atoms with van der Waals surface area (Å²) in [6.07, 6.45) is 7.14. The maximum atomic E-state index is 12.7. The third-order valence-electron chi connectivity index (χ3n) is 7.29. The molecule has 34 heavy (non-hydrogen) atoms. The highest BCUT2D eigenvalue weighted by Crippen LogP contribution is 2.50. The summed E-state index contributed by atoms with van der Waals surface area (Å²) in [5.41, 5.74) is 3.24. The maximum Gasteiger partial charge on any atom is 0.217 e. The SMILES string of the molecule is C=CCC1(OC2CCCC2(c2ccccc2)c2ccccc2)CC(c2ccccc2)C=[N+]([O-])O1. The van der Waals surface area contributed by atoms with Gasteiger partial charge in [-0.2, -0.15) is 0 Å². The van der Waals surface area contributed by atoms with Gasteiger partial charge in [0.15, 0.2) is 5.79 Å². The second kappa shape index (κ2) is 9.47. The molecule has 3 aromatic rings. The molecular formula is C30H31NO3. The number of hydrogen-bond acceptors (Lipinski definition) is 3. The molecule has 1 aliphatic heterocycles. The molecule has 2 aliphatic rings. The van der Waals surface area contributed by atoms with E-state index in [1.807, 2.05) is 42.5 Å². The van der Waals surface area contributed by atoms with Crippen LogP contribution in [0.5, 0.6) is 0 Å². The summed E-state index contributed by atoms with van der Waals surface area (Å²) in [6, 6.07) is 31.3. The van der Waals surface area contributed by atoms with Gasteiger partial charge in [0.05, 0.1) is 12.0 Å². The van der Waals surface area contributed by atoms with Gasteiger partial charge in [-0.1, -0.05) is 97.1 Å². The lowest BCUT2D eigenvalue weighted by molar-refractivity contribution is -0.787. The molecule has 1 saturated carbocycles. The standard InChI is InChI=1S/C30H31NO3/c1-2-20-29(22-25(23-31(32)34-29)24-13-6-3-7-14-24)33-28-19-12-21-30(28,26-15-8-4-9-16-26)27-17-10-5-11-18-27/h2-11,13-18,23,25,28H,1,12,19-22H2. The third kappa shape index (κ3) is 4.14. The second-order valence-electron chi connectivity index (χ2n) is 9.35. The van der Waals surface area contributed by atoms with Gasteiger partial charge in [-0.15, -0.1) is 6.58 Å². The number of ether oxygens (including phenoxy) is 1. The van der Waals surface area contributed by atoms with E-state index in [9.17, 15) is 5.21 Å². The van der Waals surface area contributed by atoms with E-state index in [1.54, 1.807) is 12.3 Å². The molecule has 3 unspecified atom stereocenters. The Bertz CT molecular complexity index is 1090. The molecule has 1 aliphatic carbocycles. The zero-order chi connectivity index (χ0) is 23.4. The molecule has 5 rings (SSSR count). The van der Waals surface area contributed by atoms with Crippen LogP contribution in [0.15, 0.2) is 104 Å². The second-order valence-corrected chi connectivity index (χ2v) is 9.35. The Labute approximate surface area is 201 Å². The Kier molecular flexibility index (Phi) is 6.25. The smallest absolute Gasteiger partial charge is 0.217 e. The van der Waals surface area contributed by atoms with E-state index < -0.39 is 5.79 Å². The largest absolute Gasteiger partial charge is 0.369 e. The predicted molar refractivity (Wildman–Crippen MR) is 135 cm³/mol. The Morgan fingerprint density at radius 1 is 0.941 bits per heavy atom. The van der Waals surface area contributed by atoms with Crippen LogP contribution in [0.1, 0.15) is 54.7 Å². The van der Waals surface area contributed by atoms with Crippen molar-refractivity contribution in [3.8, 4) is 0 Å². The van der Waals surface area contributed by atoms with E-state index in [0.717, 1.165) is 24.8 Å². The highest BCUT2D eigenvalue weighted by Gasteiger charge is 2.51. The predicted octanol–water partition coefficient (Wildman–Crippen LogP) is 6.51. The monoisotopic (exact) mass is 453 g/mol. The molecule has 0 N–H and O–H groups in total. The van der Waals surface area contributed by atoms with Crippen molar-refractivity contribution in [2.75, 3.05) is 0 Å². The molecule has 0 spiro atoms. The average molecular weight is 454 g/mol. The van der Waals surface area contributed by atoms with E-state index in [0.29, 0.717) is 17.7 Å². The fourth-order valence-electron chi connectivity index (χ4n) is 5.82. The topological polar surface area (TPSA) is 44.5 Å². The van der Waals surface area contributed by atoms with Crippen LogP contribution in [0, 0.1) is 5.21 Å². The first-order valence-corrected chi connectivity index (χ1v) is 12.1. The molecule has 3 aromatic carbocycles. The fourth-order valence-corrected chi connectivity index (χ4v) is 5.82. The van der Waals surface area contributed by atoms with Gasteiger partial charge in [0.25, 0.3) is 0 Å². The normalized spacial score (nSPS) is 25.8. The summed E-state index contributed by atoms with van der Waals surface area (Å²) in [6.45, 7) is 3.96. The summed E-state index contributed by atoms with van der Waals surface area (Å²) >= 11 is 0. The van der Waals surface area contributed by atoms with Crippen molar-refractivity contribution in [3.05, 3.63) is 126 Å². The summed E-state index contributed by atoms with van der Waals surface area (Å²) in [4.78, 5) is 6.51. The van der Waals surface area contributed by atoms with E-state index in [-0.39, 0.29) is 17.4 Å². The first-order valence-electron chi connectivity index (χ1n) is 12.1. The van der Waals surface area contributed by atoms with E-state index >= 15 is 0 Å². The van der Waals surface area contributed by atoms with Crippen LogP contribution >= 0.6 is 0 Å². The van der Waals surface area contributed by atoms with E-state index in [2.05, 4.69) is 55.1 Å². The minimum absolute atomic E-state index is 0.100. The third-order valence-corrected chi connectivity index (χ3v) is 7.29. The van der Waals surface area contributed by atoms with Crippen LogP contribution in [-0.2, 0) is 15.0 Å². The Balaban J connectivity index is 1.55. The minimum atomic E-state index is -1.08. The van der Waals surface area contributed by atoms with Crippen LogP contribution in [0.3, 0.4) is 0 Å². The summed E-state index contributed by atoms with van der Waals surface area (Å²) < 4.78 is 6.97. The van der Waals surface area contributed by atoms with Gasteiger partial charge in [0, 0.05) is 23.2 Å². The zero-order valence-electron chi connectivity index (χ0n) is 19.4.